The molecule has 1 saturated heterocycles. The Balaban J connectivity index is 1.13. The van der Waals surface area contributed by atoms with Crippen molar-refractivity contribution < 1.29 is 14.3 Å². The van der Waals surface area contributed by atoms with E-state index >= 15 is 0 Å². The summed E-state index contributed by atoms with van der Waals surface area (Å²) in [5, 5.41) is 3.11. The molecule has 2 fully saturated rings. The lowest BCUT2D eigenvalue weighted by Crippen LogP contribution is -2.40. The van der Waals surface area contributed by atoms with Gasteiger partial charge in [-0.2, -0.15) is 0 Å². The van der Waals surface area contributed by atoms with Crippen molar-refractivity contribution >= 4 is 22.8 Å². The summed E-state index contributed by atoms with van der Waals surface area (Å²) in [6.07, 6.45) is 3.45. The van der Waals surface area contributed by atoms with E-state index in [-0.39, 0.29) is 23.1 Å². The number of amides is 2. The molecule has 1 aliphatic heterocycles. The number of nitrogens with zero attached hydrogens (tertiary/aromatic N) is 3. The van der Waals surface area contributed by atoms with Crippen LogP contribution in [0.2, 0.25) is 0 Å². The molecule has 2 heterocycles. The summed E-state index contributed by atoms with van der Waals surface area (Å²) in [5.41, 5.74) is 5.19. The molecule has 1 N–H and O–H groups in total. The van der Waals surface area contributed by atoms with E-state index < -0.39 is 0 Å². The highest BCUT2D eigenvalue weighted by Gasteiger charge is 2.58. The van der Waals surface area contributed by atoms with Crippen molar-refractivity contribution in [3.8, 4) is 5.75 Å². The first kappa shape index (κ1) is 23.3. The average molecular weight is 473 g/mol. The lowest BCUT2D eigenvalue weighted by molar-refractivity contribution is -0.123. The number of piperidine rings is 1. The zero-order valence-electron chi connectivity index (χ0n) is 20.6. The summed E-state index contributed by atoms with van der Waals surface area (Å²) in [7, 11) is 1.66. The fourth-order valence-corrected chi connectivity index (χ4v) is 5.25. The molecule has 182 valence electrons. The molecule has 1 spiro atoms. The maximum Gasteiger partial charge on any atom is 0.253 e. The first-order chi connectivity index (χ1) is 16.9. The highest BCUT2D eigenvalue weighted by Crippen LogP contribution is 2.59. The molecule has 1 saturated carbocycles. The Morgan fingerprint density at radius 1 is 1.06 bits per heavy atom. The zero-order chi connectivity index (χ0) is 24.6. The fraction of sp³-hybridized carbons (Fsp3) is 0.429. The second-order valence-corrected chi connectivity index (χ2v) is 9.90. The lowest BCUT2D eigenvalue weighted by atomic mass is 9.90. The Morgan fingerprint density at radius 2 is 1.80 bits per heavy atom. The van der Waals surface area contributed by atoms with Gasteiger partial charge in [0.1, 0.15) is 5.75 Å². The van der Waals surface area contributed by atoms with Gasteiger partial charge in [0.2, 0.25) is 5.91 Å². The molecule has 1 aromatic heterocycles. The van der Waals surface area contributed by atoms with E-state index in [9.17, 15) is 9.59 Å². The Morgan fingerprint density at radius 3 is 2.54 bits per heavy atom. The van der Waals surface area contributed by atoms with Crippen LogP contribution in [0.25, 0.3) is 11.0 Å². The lowest BCUT2D eigenvalue weighted by Gasteiger charge is -2.33. The number of carbonyl (C=O) groups is 2. The second-order valence-electron chi connectivity index (χ2n) is 9.90. The van der Waals surface area contributed by atoms with Crippen LogP contribution in [0, 0.1) is 25.2 Å². The van der Waals surface area contributed by atoms with Crippen molar-refractivity contribution in [2.75, 3.05) is 26.7 Å². The van der Waals surface area contributed by atoms with Gasteiger partial charge < -0.3 is 15.0 Å². The monoisotopic (exact) mass is 472 g/mol. The van der Waals surface area contributed by atoms with Crippen LogP contribution in [0.15, 0.2) is 42.5 Å². The molecule has 2 amide bonds. The van der Waals surface area contributed by atoms with Crippen LogP contribution in [0.4, 0.5) is 0 Å². The predicted octanol–water partition coefficient (Wildman–Crippen LogP) is 3.86. The number of ether oxygens (including phenoxy) is 1. The number of aromatic nitrogens is 2. The minimum atomic E-state index is 0.0294. The van der Waals surface area contributed by atoms with E-state index in [1.165, 1.54) is 0 Å². The summed E-state index contributed by atoms with van der Waals surface area (Å²) in [6.45, 7) is 5.86. The summed E-state index contributed by atoms with van der Waals surface area (Å²) < 4.78 is 5.27. The van der Waals surface area contributed by atoms with Crippen molar-refractivity contribution in [1.29, 1.82) is 0 Å². The largest absolute Gasteiger partial charge is 0.497 e. The maximum atomic E-state index is 13.2. The fourth-order valence-electron chi connectivity index (χ4n) is 5.25. The number of hydrogen-bond donors (Lipinski definition) is 1. The van der Waals surface area contributed by atoms with E-state index in [0.717, 1.165) is 59.4 Å². The molecule has 7 nitrogen and oxygen atoms in total. The van der Waals surface area contributed by atoms with Crippen LogP contribution in [0.3, 0.4) is 0 Å². The first-order valence-corrected chi connectivity index (χ1v) is 12.3. The maximum absolute atomic E-state index is 13.2. The second kappa shape index (κ2) is 9.29. The van der Waals surface area contributed by atoms with Gasteiger partial charge in [-0.25, -0.2) is 9.97 Å². The van der Waals surface area contributed by atoms with E-state index in [2.05, 4.69) is 15.3 Å². The third-order valence-corrected chi connectivity index (χ3v) is 7.72. The molecule has 2 aliphatic rings. The van der Waals surface area contributed by atoms with Gasteiger partial charge in [0.15, 0.2) is 0 Å². The van der Waals surface area contributed by atoms with Gasteiger partial charge >= 0.3 is 0 Å². The van der Waals surface area contributed by atoms with Crippen molar-refractivity contribution in [1.82, 2.24) is 20.2 Å². The van der Waals surface area contributed by atoms with Crippen LogP contribution >= 0.6 is 0 Å². The Hall–Kier alpha value is -3.48. The average Bonchev–Trinajstić information content (AvgIpc) is 3.57. The van der Waals surface area contributed by atoms with Gasteiger partial charge in [-0.05, 0) is 80.8 Å². The number of hydrogen-bond acceptors (Lipinski definition) is 5. The van der Waals surface area contributed by atoms with Gasteiger partial charge in [-0.15, -0.1) is 0 Å². The Labute approximate surface area is 205 Å². The Bertz CT molecular complexity index is 1280. The summed E-state index contributed by atoms with van der Waals surface area (Å²) in [6, 6.07) is 13.5. The highest BCUT2D eigenvalue weighted by molar-refractivity contribution is 5.97. The SMILES string of the molecule is COc1cccc(CCNC(=O)[C@H]2CC23CCN(C(=O)c2ccc4nc(C)c(C)nc4c2)CC3)c1. The smallest absolute Gasteiger partial charge is 0.253 e. The molecule has 7 heteroatoms. The van der Waals surface area contributed by atoms with Crippen LogP contribution in [0.1, 0.15) is 46.6 Å². The molecular formula is C28H32N4O3. The predicted molar refractivity (Wildman–Crippen MR) is 134 cm³/mol. The molecule has 0 radical (unpaired) electrons. The summed E-state index contributed by atoms with van der Waals surface area (Å²) in [5.74, 6) is 1.07. The van der Waals surface area contributed by atoms with Crippen LogP contribution in [0.5, 0.6) is 5.75 Å². The van der Waals surface area contributed by atoms with Crippen molar-refractivity contribution in [3.63, 3.8) is 0 Å². The highest BCUT2D eigenvalue weighted by atomic mass is 16.5. The van der Waals surface area contributed by atoms with E-state index in [0.29, 0.717) is 25.2 Å². The number of fused-ring (bicyclic) bond motifs is 1. The van der Waals surface area contributed by atoms with E-state index in [1.54, 1.807) is 7.11 Å². The van der Waals surface area contributed by atoms with Crippen molar-refractivity contribution in [3.05, 3.63) is 65.0 Å². The van der Waals surface area contributed by atoms with Gasteiger partial charge in [-0.1, -0.05) is 12.1 Å². The number of methoxy groups -OCH3 is 1. The molecule has 3 aromatic rings. The topological polar surface area (TPSA) is 84.4 Å². The van der Waals surface area contributed by atoms with E-state index in [1.807, 2.05) is 61.2 Å². The summed E-state index contributed by atoms with van der Waals surface area (Å²) in [4.78, 5) is 37.0. The first-order valence-electron chi connectivity index (χ1n) is 12.3. The molecular weight excluding hydrogens is 440 g/mol. The number of benzene rings is 2. The van der Waals surface area contributed by atoms with Gasteiger partial charge in [0.05, 0.1) is 29.5 Å². The number of carbonyl (C=O) groups excluding carboxylic acids is 2. The summed E-state index contributed by atoms with van der Waals surface area (Å²) >= 11 is 0. The van der Waals surface area contributed by atoms with Gasteiger partial charge in [0.25, 0.3) is 5.91 Å². The standard InChI is InChI=1S/C28H32N4O3/c1-18-19(2)31-25-16-21(7-8-24(25)30-18)27(34)32-13-10-28(11-14-32)17-23(28)26(33)29-12-9-20-5-4-6-22(15-20)35-3/h4-8,15-16,23H,9-14,17H2,1-3H3,(H,29,33)/t23-/m1/s1. The number of aryl methyl sites for hydroxylation is 2. The van der Waals surface area contributed by atoms with Crippen molar-refractivity contribution in [2.24, 2.45) is 11.3 Å². The molecule has 1 atom stereocenters. The molecule has 0 unspecified atom stereocenters. The molecule has 0 bridgehead atoms. The molecule has 35 heavy (non-hydrogen) atoms. The minimum absolute atomic E-state index is 0.0294. The number of rotatable bonds is 6. The zero-order valence-corrected chi connectivity index (χ0v) is 20.6. The number of nitrogens with one attached hydrogen (secondary N) is 1. The van der Waals surface area contributed by atoms with Gasteiger partial charge in [0, 0.05) is 31.1 Å². The molecule has 1 aliphatic carbocycles. The number of likely N-dealkylation sites (tertiary alicyclic amines) is 1. The van der Waals surface area contributed by atoms with Crippen LogP contribution < -0.4 is 10.1 Å². The minimum Gasteiger partial charge on any atom is -0.497 e. The Kier molecular flexibility index (Phi) is 6.17. The molecule has 5 rings (SSSR count). The van der Waals surface area contributed by atoms with Gasteiger partial charge in [-0.3, -0.25) is 9.59 Å². The van der Waals surface area contributed by atoms with Crippen molar-refractivity contribution in [2.45, 2.75) is 39.5 Å². The quantitative estimate of drug-likeness (QED) is 0.589. The van der Waals surface area contributed by atoms with Crippen LogP contribution in [-0.2, 0) is 11.2 Å². The van der Waals surface area contributed by atoms with Crippen LogP contribution in [-0.4, -0.2) is 53.4 Å². The van der Waals surface area contributed by atoms with E-state index in [4.69, 9.17) is 4.74 Å². The third kappa shape index (κ3) is 4.72. The normalized spacial score (nSPS) is 18.5. The molecule has 2 aromatic carbocycles. The third-order valence-electron chi connectivity index (χ3n) is 7.72.